The highest BCUT2D eigenvalue weighted by atomic mass is 79.9. The number of likely N-dealkylation sites (N-methyl/N-ethyl adjacent to an activating group) is 1. The van der Waals surface area contributed by atoms with Crippen molar-refractivity contribution in [2.45, 2.75) is 38.3 Å². The van der Waals surface area contributed by atoms with E-state index in [9.17, 15) is 9.59 Å². The molecule has 1 aromatic carbocycles. The molecule has 2 amide bonds. The first-order valence-corrected chi connectivity index (χ1v) is 8.77. The van der Waals surface area contributed by atoms with Crippen molar-refractivity contribution in [1.82, 2.24) is 15.5 Å². The summed E-state index contributed by atoms with van der Waals surface area (Å²) >= 11 is 3.41. The number of nitrogens with one attached hydrogen (secondary N) is 2. The van der Waals surface area contributed by atoms with E-state index in [-0.39, 0.29) is 23.9 Å². The first-order chi connectivity index (χ1) is 11.0. The van der Waals surface area contributed by atoms with Crippen LogP contribution in [-0.2, 0) is 9.59 Å². The number of nitrogens with zero attached hydrogens (tertiary/aromatic N) is 1. The van der Waals surface area contributed by atoms with Crippen LogP contribution in [0.3, 0.4) is 0 Å². The lowest BCUT2D eigenvalue weighted by Crippen LogP contribution is -2.42. The summed E-state index contributed by atoms with van der Waals surface area (Å²) in [6, 6.07) is 7.70. The summed E-state index contributed by atoms with van der Waals surface area (Å²) in [4.78, 5) is 26.2. The van der Waals surface area contributed by atoms with Gasteiger partial charge in [0, 0.05) is 30.5 Å². The van der Waals surface area contributed by atoms with Gasteiger partial charge in [0.2, 0.25) is 11.8 Å². The topological polar surface area (TPSA) is 61.4 Å². The van der Waals surface area contributed by atoms with Crippen LogP contribution in [0.4, 0.5) is 0 Å². The molecule has 5 nitrogen and oxygen atoms in total. The Morgan fingerprint density at radius 2 is 2.04 bits per heavy atom. The van der Waals surface area contributed by atoms with Crippen LogP contribution in [-0.4, -0.2) is 42.9 Å². The monoisotopic (exact) mass is 381 g/mol. The molecular weight excluding hydrogens is 358 g/mol. The molecule has 0 radical (unpaired) electrons. The molecule has 2 rings (SSSR count). The Kier molecular flexibility index (Phi) is 6.59. The average molecular weight is 382 g/mol. The zero-order valence-corrected chi connectivity index (χ0v) is 15.2. The summed E-state index contributed by atoms with van der Waals surface area (Å²) in [5, 5.41) is 6.05. The number of likely N-dealkylation sites (tertiary alicyclic amines) is 1. The van der Waals surface area contributed by atoms with Gasteiger partial charge in [0.05, 0.1) is 12.5 Å². The van der Waals surface area contributed by atoms with Crippen molar-refractivity contribution in [2.75, 3.05) is 20.1 Å². The summed E-state index contributed by atoms with van der Waals surface area (Å²) in [5.41, 5.74) is 0.945. The van der Waals surface area contributed by atoms with Gasteiger partial charge in [0.25, 0.3) is 0 Å². The molecule has 0 aromatic heterocycles. The first-order valence-electron chi connectivity index (χ1n) is 7.98. The minimum atomic E-state index is -0.288. The highest BCUT2D eigenvalue weighted by Gasteiger charge is 2.30. The third kappa shape index (κ3) is 5.04. The van der Waals surface area contributed by atoms with Gasteiger partial charge in [-0.05, 0) is 37.6 Å². The Bertz CT molecular complexity index is 547. The van der Waals surface area contributed by atoms with Gasteiger partial charge >= 0.3 is 0 Å². The van der Waals surface area contributed by atoms with Crippen LogP contribution >= 0.6 is 15.9 Å². The predicted octanol–water partition coefficient (Wildman–Crippen LogP) is 2.23. The molecule has 1 aliphatic heterocycles. The lowest BCUT2D eigenvalue weighted by molar-refractivity contribution is -0.132. The molecule has 1 heterocycles. The van der Waals surface area contributed by atoms with E-state index in [2.05, 4.69) is 26.6 Å². The summed E-state index contributed by atoms with van der Waals surface area (Å²) in [5.74, 6) is -0.0247. The number of carbonyl (C=O) groups excluding carboxylic acids is 2. The number of amides is 2. The SMILES string of the molecule is CNC[C@@H]1CCCN1C(=O)C[C@@H](NC(C)=O)c1ccc(Br)cc1. The molecule has 1 fully saturated rings. The van der Waals surface area contributed by atoms with E-state index in [0.717, 1.165) is 36.0 Å². The summed E-state index contributed by atoms with van der Waals surface area (Å²) < 4.78 is 0.975. The highest BCUT2D eigenvalue weighted by Crippen LogP contribution is 2.24. The van der Waals surface area contributed by atoms with Crippen molar-refractivity contribution in [3.05, 3.63) is 34.3 Å². The molecule has 0 unspecified atom stereocenters. The summed E-state index contributed by atoms with van der Waals surface area (Å²) in [6.45, 7) is 3.10. The summed E-state index contributed by atoms with van der Waals surface area (Å²) in [7, 11) is 1.91. The van der Waals surface area contributed by atoms with Crippen molar-refractivity contribution in [2.24, 2.45) is 0 Å². The van der Waals surface area contributed by atoms with E-state index in [1.54, 1.807) is 0 Å². The van der Waals surface area contributed by atoms with Gasteiger partial charge in [-0.25, -0.2) is 0 Å². The predicted molar refractivity (Wildman–Crippen MR) is 94.0 cm³/mol. The molecule has 1 aliphatic rings. The third-order valence-electron chi connectivity index (χ3n) is 4.17. The molecule has 0 saturated carbocycles. The Balaban J connectivity index is 2.09. The number of rotatable bonds is 6. The molecule has 126 valence electrons. The number of carbonyl (C=O) groups is 2. The van der Waals surface area contributed by atoms with E-state index in [1.807, 2.05) is 36.2 Å². The maximum atomic E-state index is 12.7. The number of halogens is 1. The Labute approximate surface area is 145 Å². The molecule has 6 heteroatoms. The van der Waals surface area contributed by atoms with Crippen molar-refractivity contribution in [3.63, 3.8) is 0 Å². The van der Waals surface area contributed by atoms with Crippen LogP contribution in [0.2, 0.25) is 0 Å². The molecule has 1 saturated heterocycles. The standard InChI is InChI=1S/C17H24BrN3O2/c1-12(22)20-16(13-5-7-14(18)8-6-13)10-17(23)21-9-3-4-15(21)11-19-2/h5-8,15-16,19H,3-4,9-11H2,1-2H3,(H,20,22)/t15-,16+/m0/s1. The Morgan fingerprint density at radius 1 is 1.35 bits per heavy atom. The molecule has 23 heavy (non-hydrogen) atoms. The highest BCUT2D eigenvalue weighted by molar-refractivity contribution is 9.10. The van der Waals surface area contributed by atoms with Crippen molar-refractivity contribution >= 4 is 27.7 Å². The molecule has 0 aliphatic carbocycles. The normalized spacial score (nSPS) is 18.7. The second-order valence-electron chi connectivity index (χ2n) is 5.95. The van der Waals surface area contributed by atoms with Gasteiger partial charge < -0.3 is 15.5 Å². The van der Waals surface area contributed by atoms with Gasteiger partial charge in [-0.1, -0.05) is 28.1 Å². The van der Waals surface area contributed by atoms with Crippen molar-refractivity contribution in [1.29, 1.82) is 0 Å². The van der Waals surface area contributed by atoms with Crippen LogP contribution in [0.1, 0.15) is 37.8 Å². The fraction of sp³-hybridized carbons (Fsp3) is 0.529. The maximum Gasteiger partial charge on any atom is 0.225 e. The number of hydrogen-bond donors (Lipinski definition) is 2. The van der Waals surface area contributed by atoms with E-state index >= 15 is 0 Å². The number of benzene rings is 1. The zero-order chi connectivity index (χ0) is 16.8. The molecule has 0 bridgehead atoms. The smallest absolute Gasteiger partial charge is 0.225 e. The largest absolute Gasteiger partial charge is 0.349 e. The quantitative estimate of drug-likeness (QED) is 0.793. The van der Waals surface area contributed by atoms with E-state index in [1.165, 1.54) is 6.92 Å². The van der Waals surface area contributed by atoms with Crippen LogP contribution in [0.25, 0.3) is 0 Å². The average Bonchev–Trinajstić information content (AvgIpc) is 2.95. The van der Waals surface area contributed by atoms with E-state index in [4.69, 9.17) is 0 Å². The minimum Gasteiger partial charge on any atom is -0.349 e. The van der Waals surface area contributed by atoms with E-state index in [0.29, 0.717) is 6.42 Å². The van der Waals surface area contributed by atoms with Gasteiger partial charge in [-0.15, -0.1) is 0 Å². The van der Waals surface area contributed by atoms with Gasteiger partial charge in [0.1, 0.15) is 0 Å². The van der Waals surface area contributed by atoms with E-state index < -0.39 is 0 Å². The molecule has 1 aromatic rings. The number of hydrogen-bond acceptors (Lipinski definition) is 3. The Hall–Kier alpha value is -1.40. The van der Waals surface area contributed by atoms with Gasteiger partial charge in [-0.3, -0.25) is 9.59 Å². The van der Waals surface area contributed by atoms with Crippen molar-refractivity contribution in [3.8, 4) is 0 Å². The lowest BCUT2D eigenvalue weighted by atomic mass is 10.0. The van der Waals surface area contributed by atoms with Crippen LogP contribution in [0, 0.1) is 0 Å². The minimum absolute atomic E-state index is 0.101. The summed E-state index contributed by atoms with van der Waals surface area (Å²) in [6.07, 6.45) is 2.37. The molecule has 2 N–H and O–H groups in total. The first kappa shape index (κ1) is 17.9. The fourth-order valence-electron chi connectivity index (χ4n) is 3.10. The van der Waals surface area contributed by atoms with Crippen LogP contribution < -0.4 is 10.6 Å². The molecule has 0 spiro atoms. The second kappa shape index (κ2) is 8.45. The molecular formula is C17H24BrN3O2. The van der Waals surface area contributed by atoms with Crippen molar-refractivity contribution < 1.29 is 9.59 Å². The van der Waals surface area contributed by atoms with Gasteiger partial charge in [-0.2, -0.15) is 0 Å². The maximum absolute atomic E-state index is 12.7. The van der Waals surface area contributed by atoms with Gasteiger partial charge in [0.15, 0.2) is 0 Å². The molecule has 2 atom stereocenters. The second-order valence-corrected chi connectivity index (χ2v) is 6.87. The van der Waals surface area contributed by atoms with Crippen LogP contribution in [0.5, 0.6) is 0 Å². The lowest BCUT2D eigenvalue weighted by Gasteiger charge is -2.27. The zero-order valence-electron chi connectivity index (χ0n) is 13.6. The Morgan fingerprint density at radius 3 is 2.65 bits per heavy atom. The van der Waals surface area contributed by atoms with Crippen LogP contribution in [0.15, 0.2) is 28.7 Å². The fourth-order valence-corrected chi connectivity index (χ4v) is 3.36. The third-order valence-corrected chi connectivity index (χ3v) is 4.69.